The van der Waals surface area contributed by atoms with E-state index in [0.717, 1.165) is 0 Å². The maximum Gasteiger partial charge on any atom is 0.306 e. The minimum Gasteiger partial charge on any atom is -0.456 e. The van der Waals surface area contributed by atoms with E-state index in [-0.39, 0.29) is 41.3 Å². The molecule has 0 saturated heterocycles. The first-order valence-electron chi connectivity index (χ1n) is 10.4. The van der Waals surface area contributed by atoms with Gasteiger partial charge in [-0.2, -0.15) is 0 Å². The number of hydrogen-bond donors (Lipinski definition) is 1. The van der Waals surface area contributed by atoms with Crippen LogP contribution >= 0.6 is 11.6 Å². The molecule has 7 nitrogen and oxygen atoms in total. The van der Waals surface area contributed by atoms with E-state index < -0.39 is 18.5 Å². The van der Waals surface area contributed by atoms with Crippen LogP contribution in [0.25, 0.3) is 0 Å². The lowest BCUT2D eigenvalue weighted by Crippen LogP contribution is -2.23. The monoisotopic (exact) mass is 475 g/mol. The molecule has 0 spiro atoms. The Balaban J connectivity index is 1.31. The van der Waals surface area contributed by atoms with Gasteiger partial charge >= 0.3 is 5.97 Å². The van der Waals surface area contributed by atoms with E-state index in [2.05, 4.69) is 5.32 Å². The normalized spacial score (nSPS) is 11.9. The minimum absolute atomic E-state index is 0.0650. The second kappa shape index (κ2) is 9.80. The van der Waals surface area contributed by atoms with Crippen LogP contribution in [0.2, 0.25) is 5.02 Å². The molecule has 1 aliphatic rings. The van der Waals surface area contributed by atoms with E-state index >= 15 is 0 Å². The molecule has 0 radical (unpaired) electrons. The highest BCUT2D eigenvalue weighted by atomic mass is 35.5. The van der Waals surface area contributed by atoms with Crippen LogP contribution in [-0.2, 0) is 14.3 Å². The number of esters is 1. The zero-order valence-electron chi connectivity index (χ0n) is 17.8. The molecule has 3 aromatic rings. The number of Topliss-reactive ketones (excluding diaryl/α,β-unsaturated/α-hetero) is 1. The van der Waals surface area contributed by atoms with Crippen molar-refractivity contribution in [1.82, 2.24) is 0 Å². The summed E-state index contributed by atoms with van der Waals surface area (Å²) < 4.78 is 4.93. The number of ether oxygens (including phenoxy) is 1. The number of fused-ring (bicyclic) bond motifs is 2. The number of benzene rings is 3. The average Bonchev–Trinajstić information content (AvgIpc) is 2.85. The second-order valence-electron chi connectivity index (χ2n) is 7.60. The molecule has 1 N–H and O–H groups in total. The SMILES string of the molecule is O=C(COC(=O)CCC(=O)c1ccc(Cl)cc1)Nc1ccc2c(c1)C(=O)c1ccccc1C2=O. The number of carbonyl (C=O) groups excluding carboxylic acids is 5. The molecule has 8 heteroatoms. The number of anilines is 1. The van der Waals surface area contributed by atoms with Crippen LogP contribution in [-0.4, -0.2) is 35.8 Å². The molecule has 0 bridgehead atoms. The standard InChI is InChI=1S/C26H18ClNO6/c27-16-7-5-15(6-8-16)22(29)11-12-24(31)34-14-23(30)28-17-9-10-20-21(13-17)26(33)19-4-2-1-3-18(19)25(20)32/h1-10,13H,11-12,14H2,(H,28,30). The lowest BCUT2D eigenvalue weighted by molar-refractivity contribution is -0.147. The quantitative estimate of drug-likeness (QED) is 0.316. The van der Waals surface area contributed by atoms with Crippen molar-refractivity contribution in [1.29, 1.82) is 0 Å². The van der Waals surface area contributed by atoms with Crippen molar-refractivity contribution in [2.45, 2.75) is 12.8 Å². The highest BCUT2D eigenvalue weighted by Crippen LogP contribution is 2.29. The summed E-state index contributed by atoms with van der Waals surface area (Å²) in [5.74, 6) is -2.12. The summed E-state index contributed by atoms with van der Waals surface area (Å²) in [6, 6.07) is 17.3. The molecule has 0 heterocycles. The minimum atomic E-state index is -0.694. The van der Waals surface area contributed by atoms with Crippen molar-refractivity contribution < 1.29 is 28.7 Å². The highest BCUT2D eigenvalue weighted by molar-refractivity contribution is 6.30. The molecule has 0 aliphatic heterocycles. The molecular formula is C26H18ClNO6. The van der Waals surface area contributed by atoms with Crippen LogP contribution in [0.5, 0.6) is 0 Å². The van der Waals surface area contributed by atoms with Crippen molar-refractivity contribution in [3.05, 3.63) is 99.6 Å². The lowest BCUT2D eigenvalue weighted by Gasteiger charge is -2.18. The van der Waals surface area contributed by atoms with Crippen LogP contribution in [0.15, 0.2) is 66.7 Å². The molecular weight excluding hydrogens is 458 g/mol. The fraction of sp³-hybridized carbons (Fsp3) is 0.115. The first kappa shape index (κ1) is 23.1. The van der Waals surface area contributed by atoms with Gasteiger partial charge in [-0.15, -0.1) is 0 Å². The Morgan fingerprint density at radius 2 is 1.38 bits per heavy atom. The van der Waals surface area contributed by atoms with Gasteiger partial charge in [0.05, 0.1) is 6.42 Å². The topological polar surface area (TPSA) is 107 Å². The highest BCUT2D eigenvalue weighted by Gasteiger charge is 2.29. The van der Waals surface area contributed by atoms with Crippen molar-refractivity contribution in [3.8, 4) is 0 Å². The second-order valence-corrected chi connectivity index (χ2v) is 8.04. The van der Waals surface area contributed by atoms with Crippen molar-refractivity contribution >= 4 is 46.5 Å². The van der Waals surface area contributed by atoms with Gasteiger partial charge in [-0.25, -0.2) is 0 Å². The largest absolute Gasteiger partial charge is 0.456 e. The van der Waals surface area contributed by atoms with Gasteiger partial charge in [0.2, 0.25) is 0 Å². The van der Waals surface area contributed by atoms with Gasteiger partial charge in [0.25, 0.3) is 5.91 Å². The number of halogens is 1. The van der Waals surface area contributed by atoms with Gasteiger partial charge in [-0.1, -0.05) is 35.9 Å². The average molecular weight is 476 g/mol. The summed E-state index contributed by atoms with van der Waals surface area (Å²) in [5, 5.41) is 3.05. The molecule has 34 heavy (non-hydrogen) atoms. The third-order valence-electron chi connectivity index (χ3n) is 5.30. The Morgan fingerprint density at radius 3 is 2.06 bits per heavy atom. The molecule has 0 saturated carbocycles. The van der Waals surface area contributed by atoms with Crippen LogP contribution in [0.3, 0.4) is 0 Å². The number of carbonyl (C=O) groups is 5. The molecule has 3 aromatic carbocycles. The molecule has 0 fully saturated rings. The van der Waals surface area contributed by atoms with Crippen molar-refractivity contribution in [3.63, 3.8) is 0 Å². The van der Waals surface area contributed by atoms with Crippen LogP contribution in [0.4, 0.5) is 5.69 Å². The third-order valence-corrected chi connectivity index (χ3v) is 5.55. The Morgan fingerprint density at radius 1 is 0.765 bits per heavy atom. The predicted molar refractivity (Wildman–Crippen MR) is 124 cm³/mol. The summed E-state index contributed by atoms with van der Waals surface area (Å²) in [7, 11) is 0. The van der Waals surface area contributed by atoms with Gasteiger partial charge in [-0.3, -0.25) is 24.0 Å². The summed E-state index contributed by atoms with van der Waals surface area (Å²) in [4.78, 5) is 61.7. The molecule has 0 unspecified atom stereocenters. The molecule has 0 aromatic heterocycles. The lowest BCUT2D eigenvalue weighted by atomic mass is 9.84. The molecule has 4 rings (SSSR count). The third kappa shape index (κ3) is 4.94. The van der Waals surface area contributed by atoms with E-state index in [9.17, 15) is 24.0 Å². The van der Waals surface area contributed by atoms with Gasteiger partial charge in [-0.05, 0) is 42.5 Å². The van der Waals surface area contributed by atoms with E-state index in [1.165, 1.54) is 18.2 Å². The summed E-state index contributed by atoms with van der Waals surface area (Å²) in [6.07, 6.45) is -0.242. The van der Waals surface area contributed by atoms with Gasteiger partial charge in [0.1, 0.15) is 0 Å². The number of rotatable bonds is 7. The molecule has 170 valence electrons. The Labute approximate surface area is 199 Å². The van der Waals surface area contributed by atoms with Crippen LogP contribution < -0.4 is 5.32 Å². The van der Waals surface area contributed by atoms with Crippen molar-refractivity contribution in [2.24, 2.45) is 0 Å². The predicted octanol–water partition coefficient (Wildman–Crippen LogP) is 4.26. The zero-order chi connectivity index (χ0) is 24.2. The maximum absolute atomic E-state index is 12.8. The van der Waals surface area contributed by atoms with E-state index in [1.54, 1.807) is 48.5 Å². The molecule has 0 atom stereocenters. The molecule has 1 aliphatic carbocycles. The van der Waals surface area contributed by atoms with Gasteiger partial charge < -0.3 is 10.1 Å². The number of amides is 1. The summed E-state index contributed by atoms with van der Waals surface area (Å²) in [5.41, 5.74) is 1.83. The van der Waals surface area contributed by atoms with E-state index in [0.29, 0.717) is 27.4 Å². The number of hydrogen-bond acceptors (Lipinski definition) is 6. The maximum atomic E-state index is 12.8. The van der Waals surface area contributed by atoms with Gasteiger partial charge in [0, 0.05) is 44.9 Å². The Bertz CT molecular complexity index is 1330. The first-order chi connectivity index (χ1) is 16.3. The number of nitrogens with one attached hydrogen (secondary N) is 1. The zero-order valence-corrected chi connectivity index (χ0v) is 18.6. The smallest absolute Gasteiger partial charge is 0.306 e. The Hall–Kier alpha value is -4.10. The van der Waals surface area contributed by atoms with E-state index in [1.807, 2.05) is 0 Å². The fourth-order valence-electron chi connectivity index (χ4n) is 3.59. The number of ketones is 3. The summed E-state index contributed by atoms with van der Waals surface area (Å²) >= 11 is 5.79. The van der Waals surface area contributed by atoms with Crippen LogP contribution in [0, 0.1) is 0 Å². The summed E-state index contributed by atoms with van der Waals surface area (Å²) in [6.45, 7) is -0.555. The Kier molecular flexibility index (Phi) is 6.65. The first-order valence-corrected chi connectivity index (χ1v) is 10.8. The molecule has 1 amide bonds. The van der Waals surface area contributed by atoms with Crippen molar-refractivity contribution in [2.75, 3.05) is 11.9 Å². The fourth-order valence-corrected chi connectivity index (χ4v) is 3.71. The van der Waals surface area contributed by atoms with Crippen LogP contribution in [0.1, 0.15) is 55.0 Å². The van der Waals surface area contributed by atoms with Gasteiger partial charge in [0.15, 0.2) is 24.0 Å². The van der Waals surface area contributed by atoms with E-state index in [4.69, 9.17) is 16.3 Å².